The number of hydrogen-bond donors (Lipinski definition) is 1. The van der Waals surface area contributed by atoms with Crippen molar-refractivity contribution in [1.29, 1.82) is 0 Å². The third-order valence-electron chi connectivity index (χ3n) is 7.84. The minimum Gasteiger partial charge on any atom is -0.493 e. The number of methoxy groups -OCH3 is 2. The van der Waals surface area contributed by atoms with E-state index >= 15 is 0 Å². The molecule has 200 valence electrons. The predicted molar refractivity (Wildman–Crippen MR) is 159 cm³/mol. The molecule has 6 bridgehead atoms. The zero-order chi connectivity index (χ0) is 27.8. The summed E-state index contributed by atoms with van der Waals surface area (Å²) in [6.45, 7) is 12.8. The maximum Gasteiger partial charge on any atom is 0.163 e. The van der Waals surface area contributed by atoms with Crippen LogP contribution in [-0.2, 0) is 0 Å². The second-order valence-corrected chi connectivity index (χ2v) is 9.88. The molecule has 7 nitrogen and oxygen atoms in total. The quantitative estimate of drug-likeness (QED) is 0.379. The van der Waals surface area contributed by atoms with E-state index in [1.807, 2.05) is 18.3 Å². The van der Waals surface area contributed by atoms with Crippen molar-refractivity contribution in [3.63, 3.8) is 0 Å². The van der Waals surface area contributed by atoms with Crippen molar-refractivity contribution in [2.45, 2.75) is 54.4 Å². The minimum atomic E-state index is 0.590. The second-order valence-electron chi connectivity index (χ2n) is 9.88. The average molecular weight is 522 g/mol. The monoisotopic (exact) mass is 521 g/mol. The molecule has 2 aliphatic heterocycles. The smallest absolute Gasteiger partial charge is 0.163 e. The molecule has 0 saturated heterocycles. The van der Waals surface area contributed by atoms with Crippen molar-refractivity contribution in [3.8, 4) is 11.5 Å². The van der Waals surface area contributed by atoms with Crippen LogP contribution in [0.1, 0.15) is 74.4 Å². The third-order valence-corrected chi connectivity index (χ3v) is 7.84. The molecule has 0 saturated carbocycles. The van der Waals surface area contributed by atoms with Crippen LogP contribution in [0.3, 0.4) is 0 Å². The van der Waals surface area contributed by atoms with Crippen LogP contribution in [0.4, 0.5) is 0 Å². The second kappa shape index (κ2) is 10.5. The van der Waals surface area contributed by atoms with Crippen LogP contribution in [0.25, 0.3) is 44.4 Å². The van der Waals surface area contributed by atoms with E-state index in [1.165, 1.54) is 16.7 Å². The highest BCUT2D eigenvalue weighted by molar-refractivity contribution is 5.95. The van der Waals surface area contributed by atoms with Gasteiger partial charge in [0.05, 0.1) is 65.9 Å². The number of H-pyrrole nitrogens is 1. The number of allylic oxidation sites excluding steroid dienone is 4. The average Bonchev–Trinajstić information content (AvgIpc) is 3.52. The molecule has 5 rings (SSSR count). The van der Waals surface area contributed by atoms with Gasteiger partial charge in [-0.25, -0.2) is 9.97 Å². The minimum absolute atomic E-state index is 0.590. The van der Waals surface area contributed by atoms with Gasteiger partial charge in [-0.2, -0.15) is 0 Å². The number of aromatic amines is 1. The first kappa shape index (κ1) is 26.4. The van der Waals surface area contributed by atoms with Crippen molar-refractivity contribution in [2.24, 2.45) is 0 Å². The normalized spacial score (nSPS) is 13.1. The Morgan fingerprint density at radius 1 is 0.615 bits per heavy atom. The lowest BCUT2D eigenvalue weighted by molar-refractivity contribution is 0.355. The zero-order valence-electron chi connectivity index (χ0n) is 24.0. The van der Waals surface area contributed by atoms with E-state index in [0.717, 1.165) is 63.4 Å². The Balaban J connectivity index is 1.94. The van der Waals surface area contributed by atoms with Gasteiger partial charge in [0.2, 0.25) is 0 Å². The molecular formula is C32H35N5O2. The van der Waals surface area contributed by atoms with E-state index in [-0.39, 0.29) is 0 Å². The summed E-state index contributed by atoms with van der Waals surface area (Å²) >= 11 is 0. The van der Waals surface area contributed by atoms with Crippen LogP contribution >= 0.6 is 0 Å². The highest BCUT2D eigenvalue weighted by Gasteiger charge is 2.20. The van der Waals surface area contributed by atoms with E-state index in [4.69, 9.17) is 29.4 Å². The highest BCUT2D eigenvalue weighted by atomic mass is 16.5. The van der Waals surface area contributed by atoms with Gasteiger partial charge in [-0.3, -0.25) is 9.97 Å². The van der Waals surface area contributed by atoms with Crippen molar-refractivity contribution in [1.82, 2.24) is 24.9 Å². The van der Waals surface area contributed by atoms with Crippen molar-refractivity contribution in [3.05, 3.63) is 70.6 Å². The largest absolute Gasteiger partial charge is 0.493 e. The van der Waals surface area contributed by atoms with Crippen molar-refractivity contribution >= 4 is 44.4 Å². The standard InChI is InChI=1S/C32H35N5O2/c1-9-21-22(10-2)26-12-24-18(4)20(6)30(36-24)16-34-28-14-32(39-8)31(38-7)13-27(28)33-15-29-19(5)17(3)23(35-29)11-25(21)37-26/h11-16,35H,9-10H2,1-8H3. The molecule has 1 N–H and O–H groups in total. The van der Waals surface area contributed by atoms with Crippen molar-refractivity contribution in [2.75, 3.05) is 14.2 Å². The summed E-state index contributed by atoms with van der Waals surface area (Å²) in [4.78, 5) is 23.3. The molecule has 0 aliphatic carbocycles. The van der Waals surface area contributed by atoms with Crippen LogP contribution in [-0.4, -0.2) is 39.1 Å². The van der Waals surface area contributed by atoms with Gasteiger partial charge in [-0.15, -0.1) is 0 Å². The Labute approximate surface area is 229 Å². The summed E-state index contributed by atoms with van der Waals surface area (Å²) in [6, 6.07) is 7.98. The van der Waals surface area contributed by atoms with Crippen LogP contribution in [0.2, 0.25) is 0 Å². The Morgan fingerprint density at radius 3 is 1.72 bits per heavy atom. The Hall–Kier alpha value is -4.26. The number of aromatic nitrogens is 5. The van der Waals surface area contributed by atoms with E-state index in [1.54, 1.807) is 20.4 Å². The third kappa shape index (κ3) is 4.62. The zero-order valence-corrected chi connectivity index (χ0v) is 24.0. The van der Waals surface area contributed by atoms with Crippen molar-refractivity contribution < 1.29 is 9.47 Å². The number of benzene rings is 1. The highest BCUT2D eigenvalue weighted by Crippen LogP contribution is 2.37. The van der Waals surface area contributed by atoms with Gasteiger partial charge in [-0.05, 0) is 86.1 Å². The first-order chi connectivity index (χ1) is 18.8. The number of ether oxygens (including phenoxy) is 2. The molecule has 7 heteroatoms. The lowest BCUT2D eigenvalue weighted by Gasteiger charge is -2.07. The van der Waals surface area contributed by atoms with E-state index in [2.05, 4.69) is 58.7 Å². The van der Waals surface area contributed by atoms with Gasteiger partial charge in [0, 0.05) is 17.6 Å². The number of rotatable bonds is 4. The Bertz CT molecular complexity index is 1750. The summed E-state index contributed by atoms with van der Waals surface area (Å²) in [6.07, 6.45) is 5.47. The van der Waals surface area contributed by atoms with Gasteiger partial charge in [0.1, 0.15) is 0 Å². The molecular weight excluding hydrogens is 486 g/mol. The summed E-state index contributed by atoms with van der Waals surface area (Å²) in [5.74, 6) is 1.18. The van der Waals surface area contributed by atoms with Gasteiger partial charge >= 0.3 is 0 Å². The molecule has 1 aromatic carbocycles. The van der Waals surface area contributed by atoms with Crippen LogP contribution in [0, 0.1) is 13.8 Å². The molecule has 4 heterocycles. The predicted octanol–water partition coefficient (Wildman–Crippen LogP) is 7.65. The van der Waals surface area contributed by atoms with Crippen LogP contribution < -0.4 is 9.47 Å². The maximum atomic E-state index is 5.55. The van der Waals surface area contributed by atoms with Gasteiger partial charge in [0.25, 0.3) is 0 Å². The molecule has 39 heavy (non-hydrogen) atoms. The number of aryl methyl sites for hydroxylation is 2. The fourth-order valence-corrected chi connectivity index (χ4v) is 5.15. The number of hydrogen-bond acceptors (Lipinski definition) is 6. The molecule has 0 unspecified atom stereocenters. The SMILES string of the molecule is CCC1=C(CC)c2cc3[nH]c(cnc4cc(OC)c(OC)cc4ncc4nc(cc1n2)C(C)=C4C)c(C)c3C. The lowest BCUT2D eigenvalue weighted by atomic mass is 10.00. The van der Waals surface area contributed by atoms with E-state index < -0.39 is 0 Å². The Kier molecular flexibility index (Phi) is 7.08. The molecule has 2 aromatic heterocycles. The molecule has 2 aliphatic rings. The maximum absolute atomic E-state index is 5.55. The van der Waals surface area contributed by atoms with Crippen LogP contribution in [0.5, 0.6) is 11.5 Å². The molecule has 0 fully saturated rings. The summed E-state index contributed by atoms with van der Waals surface area (Å²) in [7, 11) is 3.23. The number of nitrogens with zero attached hydrogens (tertiary/aromatic N) is 4. The molecule has 0 radical (unpaired) electrons. The molecule has 3 aromatic rings. The topological polar surface area (TPSA) is 85.8 Å². The molecule has 0 spiro atoms. The van der Waals surface area contributed by atoms with Gasteiger partial charge < -0.3 is 14.5 Å². The Morgan fingerprint density at radius 2 is 1.13 bits per heavy atom. The first-order valence-corrected chi connectivity index (χ1v) is 13.3. The fraction of sp³-hybridized carbons (Fsp3) is 0.312. The number of nitrogens with one attached hydrogen (secondary N) is 1. The summed E-state index contributed by atoms with van der Waals surface area (Å²) < 4.78 is 11.1. The number of fused-ring (bicyclic) bond motifs is 7. The summed E-state index contributed by atoms with van der Waals surface area (Å²) in [5.41, 5.74) is 14.1. The molecule has 0 atom stereocenters. The van der Waals surface area contributed by atoms with E-state index in [0.29, 0.717) is 22.5 Å². The van der Waals surface area contributed by atoms with Crippen LogP contribution in [0.15, 0.2) is 36.7 Å². The van der Waals surface area contributed by atoms with E-state index in [9.17, 15) is 0 Å². The summed E-state index contributed by atoms with van der Waals surface area (Å²) in [5, 5.41) is 0. The first-order valence-electron chi connectivity index (χ1n) is 13.3. The van der Waals surface area contributed by atoms with Gasteiger partial charge in [-0.1, -0.05) is 13.8 Å². The lowest BCUT2D eigenvalue weighted by Crippen LogP contribution is -1.91. The fourth-order valence-electron chi connectivity index (χ4n) is 5.15. The molecule has 0 amide bonds. The van der Waals surface area contributed by atoms with Gasteiger partial charge in [0.15, 0.2) is 11.5 Å².